The van der Waals surface area contributed by atoms with Gasteiger partial charge in [-0.2, -0.15) is 9.94 Å². The van der Waals surface area contributed by atoms with Gasteiger partial charge in [0.25, 0.3) is 0 Å². The monoisotopic (exact) mass is 215 g/mol. The molecule has 0 N–H and O–H groups in total. The standard InChI is InChI=1S/C10H9N5O/c1-16-6-8-2-3-10(9(4-8)5-11)15-7-12-13-14-15/h2-4,7H,6H2,1H3. The molecule has 0 aliphatic carbocycles. The molecule has 0 saturated heterocycles. The summed E-state index contributed by atoms with van der Waals surface area (Å²) in [7, 11) is 1.61. The molecule has 1 aromatic carbocycles. The number of tetrazole rings is 1. The lowest BCUT2D eigenvalue weighted by atomic mass is 10.1. The molecule has 0 saturated carbocycles. The number of rotatable bonds is 3. The molecular weight excluding hydrogens is 206 g/mol. The van der Waals surface area contributed by atoms with Crippen molar-refractivity contribution in [3.05, 3.63) is 35.7 Å². The summed E-state index contributed by atoms with van der Waals surface area (Å²) in [6.45, 7) is 0.477. The average molecular weight is 215 g/mol. The van der Waals surface area contributed by atoms with Crippen LogP contribution in [0.15, 0.2) is 24.5 Å². The predicted molar refractivity (Wildman–Crippen MR) is 54.6 cm³/mol. The number of methoxy groups -OCH3 is 1. The second-order valence-corrected chi connectivity index (χ2v) is 3.15. The first-order chi connectivity index (χ1) is 7.85. The van der Waals surface area contributed by atoms with Crippen molar-refractivity contribution in [1.82, 2.24) is 20.2 Å². The minimum absolute atomic E-state index is 0.477. The van der Waals surface area contributed by atoms with E-state index in [2.05, 4.69) is 21.6 Å². The zero-order valence-corrected chi connectivity index (χ0v) is 8.66. The summed E-state index contributed by atoms with van der Waals surface area (Å²) in [5, 5.41) is 19.8. The van der Waals surface area contributed by atoms with Crippen molar-refractivity contribution in [1.29, 1.82) is 5.26 Å². The van der Waals surface area contributed by atoms with Gasteiger partial charge >= 0.3 is 0 Å². The molecule has 2 rings (SSSR count). The van der Waals surface area contributed by atoms with Crippen LogP contribution in [0.5, 0.6) is 0 Å². The normalized spacial score (nSPS) is 10.0. The first-order valence-electron chi connectivity index (χ1n) is 4.60. The molecular formula is C10H9N5O. The van der Waals surface area contributed by atoms with Gasteiger partial charge in [0.2, 0.25) is 0 Å². The van der Waals surface area contributed by atoms with E-state index in [1.807, 2.05) is 6.07 Å². The molecule has 0 atom stereocenters. The fourth-order valence-corrected chi connectivity index (χ4v) is 1.40. The Morgan fingerprint density at radius 2 is 2.38 bits per heavy atom. The van der Waals surface area contributed by atoms with Crippen LogP contribution in [0.2, 0.25) is 0 Å². The molecule has 0 aliphatic rings. The van der Waals surface area contributed by atoms with Crippen LogP contribution < -0.4 is 0 Å². The number of nitriles is 1. The maximum atomic E-state index is 9.04. The molecule has 0 unspecified atom stereocenters. The van der Waals surface area contributed by atoms with E-state index in [1.54, 1.807) is 19.2 Å². The van der Waals surface area contributed by atoms with E-state index in [1.165, 1.54) is 11.0 Å². The zero-order chi connectivity index (χ0) is 11.4. The highest BCUT2D eigenvalue weighted by atomic mass is 16.5. The molecule has 0 amide bonds. The Morgan fingerprint density at radius 3 is 3.00 bits per heavy atom. The lowest BCUT2D eigenvalue weighted by Crippen LogP contribution is -2.00. The number of hydrogen-bond donors (Lipinski definition) is 0. The summed E-state index contributed by atoms with van der Waals surface area (Å²) in [5.41, 5.74) is 2.12. The first-order valence-corrected chi connectivity index (χ1v) is 4.60. The van der Waals surface area contributed by atoms with Crippen LogP contribution in [-0.4, -0.2) is 27.3 Å². The third-order valence-corrected chi connectivity index (χ3v) is 2.09. The van der Waals surface area contributed by atoms with Gasteiger partial charge in [-0.3, -0.25) is 0 Å². The zero-order valence-electron chi connectivity index (χ0n) is 8.66. The van der Waals surface area contributed by atoms with Crippen LogP contribution in [-0.2, 0) is 11.3 Å². The van der Waals surface area contributed by atoms with Crippen molar-refractivity contribution < 1.29 is 4.74 Å². The molecule has 0 radical (unpaired) electrons. The molecule has 6 nitrogen and oxygen atoms in total. The lowest BCUT2D eigenvalue weighted by molar-refractivity contribution is 0.185. The summed E-state index contributed by atoms with van der Waals surface area (Å²) in [5.74, 6) is 0. The molecule has 16 heavy (non-hydrogen) atoms. The van der Waals surface area contributed by atoms with Crippen LogP contribution in [0.3, 0.4) is 0 Å². The van der Waals surface area contributed by atoms with Crippen molar-refractivity contribution in [3.8, 4) is 11.8 Å². The van der Waals surface area contributed by atoms with Crippen LogP contribution in [0.25, 0.3) is 5.69 Å². The van der Waals surface area contributed by atoms with E-state index in [4.69, 9.17) is 10.00 Å². The van der Waals surface area contributed by atoms with Gasteiger partial charge in [-0.15, -0.1) is 5.10 Å². The third kappa shape index (κ3) is 1.89. The smallest absolute Gasteiger partial charge is 0.143 e. The molecule has 2 aromatic rings. The topological polar surface area (TPSA) is 76.6 Å². The predicted octanol–water partition coefficient (Wildman–Crippen LogP) is 0.680. The fourth-order valence-electron chi connectivity index (χ4n) is 1.40. The molecule has 0 fully saturated rings. The highest BCUT2D eigenvalue weighted by Gasteiger charge is 2.06. The minimum atomic E-state index is 0.477. The summed E-state index contributed by atoms with van der Waals surface area (Å²) in [6.07, 6.45) is 1.45. The van der Waals surface area contributed by atoms with Crippen LogP contribution in [0.4, 0.5) is 0 Å². The van der Waals surface area contributed by atoms with Crippen molar-refractivity contribution in [2.24, 2.45) is 0 Å². The average Bonchev–Trinajstić information content (AvgIpc) is 2.83. The molecule has 1 aromatic heterocycles. The van der Waals surface area contributed by atoms with Gasteiger partial charge in [0, 0.05) is 7.11 Å². The quantitative estimate of drug-likeness (QED) is 0.752. The molecule has 0 bridgehead atoms. The largest absolute Gasteiger partial charge is 0.380 e. The van der Waals surface area contributed by atoms with Crippen molar-refractivity contribution in [2.45, 2.75) is 6.61 Å². The van der Waals surface area contributed by atoms with E-state index in [0.717, 1.165) is 5.56 Å². The van der Waals surface area contributed by atoms with Crippen molar-refractivity contribution >= 4 is 0 Å². The van der Waals surface area contributed by atoms with Gasteiger partial charge in [0.05, 0.1) is 17.9 Å². The Labute approximate surface area is 92.1 Å². The molecule has 80 valence electrons. The van der Waals surface area contributed by atoms with Crippen LogP contribution >= 0.6 is 0 Å². The molecule has 0 aliphatic heterocycles. The van der Waals surface area contributed by atoms with Gasteiger partial charge in [0.1, 0.15) is 12.4 Å². The summed E-state index contributed by atoms with van der Waals surface area (Å²) >= 11 is 0. The Bertz CT molecular complexity index is 515. The summed E-state index contributed by atoms with van der Waals surface area (Å²) in [6, 6.07) is 7.55. The highest BCUT2D eigenvalue weighted by Crippen LogP contribution is 2.15. The molecule has 1 heterocycles. The number of benzene rings is 1. The Kier molecular flexibility index (Phi) is 2.89. The van der Waals surface area contributed by atoms with Crippen molar-refractivity contribution in [3.63, 3.8) is 0 Å². The fraction of sp³-hybridized carbons (Fsp3) is 0.200. The number of ether oxygens (including phenoxy) is 1. The lowest BCUT2D eigenvalue weighted by Gasteiger charge is -2.05. The summed E-state index contributed by atoms with van der Waals surface area (Å²) < 4.78 is 6.45. The first kappa shape index (κ1) is 10.3. The minimum Gasteiger partial charge on any atom is -0.380 e. The third-order valence-electron chi connectivity index (χ3n) is 2.09. The maximum absolute atomic E-state index is 9.04. The van der Waals surface area contributed by atoms with E-state index in [0.29, 0.717) is 17.9 Å². The molecule has 0 spiro atoms. The number of hydrogen-bond acceptors (Lipinski definition) is 5. The Hall–Kier alpha value is -2.26. The van der Waals surface area contributed by atoms with Crippen LogP contribution in [0.1, 0.15) is 11.1 Å². The van der Waals surface area contributed by atoms with Gasteiger partial charge in [-0.25, -0.2) is 0 Å². The van der Waals surface area contributed by atoms with Crippen molar-refractivity contribution in [2.75, 3.05) is 7.11 Å². The van der Waals surface area contributed by atoms with Gasteiger partial charge in [-0.1, -0.05) is 6.07 Å². The van der Waals surface area contributed by atoms with E-state index >= 15 is 0 Å². The number of nitrogens with zero attached hydrogens (tertiary/aromatic N) is 5. The second-order valence-electron chi connectivity index (χ2n) is 3.15. The van der Waals surface area contributed by atoms with E-state index in [-0.39, 0.29) is 0 Å². The second kappa shape index (κ2) is 4.51. The highest BCUT2D eigenvalue weighted by molar-refractivity contribution is 5.49. The maximum Gasteiger partial charge on any atom is 0.143 e. The van der Waals surface area contributed by atoms with Crippen LogP contribution in [0, 0.1) is 11.3 Å². The van der Waals surface area contributed by atoms with E-state index < -0.39 is 0 Å². The van der Waals surface area contributed by atoms with Gasteiger partial charge in [-0.05, 0) is 28.1 Å². The molecule has 6 heteroatoms. The van der Waals surface area contributed by atoms with Gasteiger partial charge < -0.3 is 4.74 Å². The Morgan fingerprint density at radius 1 is 1.50 bits per heavy atom. The summed E-state index contributed by atoms with van der Waals surface area (Å²) in [4.78, 5) is 0. The Balaban J connectivity index is 2.44. The van der Waals surface area contributed by atoms with Gasteiger partial charge in [0.15, 0.2) is 0 Å². The number of aromatic nitrogens is 4. The SMILES string of the molecule is COCc1ccc(-n2cnnn2)c(C#N)c1. The van der Waals surface area contributed by atoms with E-state index in [9.17, 15) is 0 Å².